The fourth-order valence-electron chi connectivity index (χ4n) is 20.9. The van der Waals surface area contributed by atoms with E-state index < -0.39 is 0 Å². The Morgan fingerprint density at radius 1 is 0.248 bits per heavy atom. The van der Waals surface area contributed by atoms with Crippen molar-refractivity contribution in [2.75, 3.05) is 9.80 Å². The molecule has 5 heteroatoms. The molecule has 2 aliphatic carbocycles. The van der Waals surface area contributed by atoms with Gasteiger partial charge in [-0.05, 0) is 259 Å². The number of para-hydroxylation sites is 1. The fourth-order valence-corrected chi connectivity index (χ4v) is 20.9. The van der Waals surface area contributed by atoms with Crippen molar-refractivity contribution in [3.8, 4) is 55.9 Å². The van der Waals surface area contributed by atoms with Gasteiger partial charge >= 0.3 is 0 Å². The lowest BCUT2D eigenvalue weighted by atomic mass is 9.33. The molecule has 562 valence electrons. The minimum atomic E-state index is -0.210. The van der Waals surface area contributed by atoms with E-state index in [1.165, 1.54) is 155 Å². The predicted molar refractivity (Wildman–Crippen MR) is 487 cm³/mol. The molecule has 4 heterocycles. The first kappa shape index (κ1) is 72.4. The van der Waals surface area contributed by atoms with Crippen molar-refractivity contribution in [3.05, 3.63) is 305 Å². The van der Waals surface area contributed by atoms with Gasteiger partial charge in [-0.2, -0.15) is 0 Å². The van der Waals surface area contributed by atoms with Crippen molar-refractivity contribution < 1.29 is 0 Å². The molecule has 2 aromatic heterocycles. The van der Waals surface area contributed by atoms with Crippen molar-refractivity contribution in [3.63, 3.8) is 0 Å². The van der Waals surface area contributed by atoms with Crippen LogP contribution in [0.15, 0.2) is 261 Å². The number of fused-ring (bicyclic) bond motifs is 12. The third kappa shape index (κ3) is 11.7. The van der Waals surface area contributed by atoms with Gasteiger partial charge in [0.15, 0.2) is 0 Å². The van der Waals surface area contributed by atoms with Gasteiger partial charge < -0.3 is 18.9 Å². The van der Waals surface area contributed by atoms with Gasteiger partial charge in [0.25, 0.3) is 6.71 Å². The summed E-state index contributed by atoms with van der Waals surface area (Å²) >= 11 is 0. The molecule has 4 aliphatic rings. The Kier molecular flexibility index (Phi) is 15.9. The molecular weight excluding hydrogens is 1360 g/mol. The molecule has 0 saturated heterocycles. The number of hydrogen-bond acceptors (Lipinski definition) is 2. The van der Waals surface area contributed by atoms with Crippen LogP contribution in [0.4, 0.5) is 34.1 Å². The van der Waals surface area contributed by atoms with Crippen LogP contribution in [0.25, 0.3) is 99.5 Å². The van der Waals surface area contributed by atoms with Gasteiger partial charge in [-0.1, -0.05) is 302 Å². The van der Waals surface area contributed by atoms with E-state index in [9.17, 15) is 0 Å². The summed E-state index contributed by atoms with van der Waals surface area (Å²) in [5.41, 5.74) is 38.6. The highest BCUT2D eigenvalue weighted by molar-refractivity contribution is 7.00. The third-order valence-electron chi connectivity index (χ3n) is 26.5. The normalized spacial score (nSPS) is 15.9. The van der Waals surface area contributed by atoms with Crippen molar-refractivity contribution >= 4 is 101 Å². The number of rotatable bonds is 8. The molecule has 0 N–H and O–H groups in total. The molecule has 0 radical (unpaired) electrons. The molecule has 0 amide bonds. The Bertz CT molecular complexity index is 6350. The topological polar surface area (TPSA) is 16.3 Å². The highest BCUT2D eigenvalue weighted by Crippen LogP contribution is 2.54. The fraction of sp³-hybridized carbons (Fsp3) is 0.278. The predicted octanol–water partition coefficient (Wildman–Crippen LogP) is 27.7. The summed E-state index contributed by atoms with van der Waals surface area (Å²) in [6.45, 7) is 47.5. The molecule has 0 spiro atoms. The second-order valence-electron chi connectivity index (χ2n) is 40.6. The Balaban J connectivity index is 0.916. The van der Waals surface area contributed by atoms with Crippen LogP contribution in [0.1, 0.15) is 196 Å². The van der Waals surface area contributed by atoms with E-state index in [-0.39, 0.29) is 50.0 Å². The SMILES string of the molecule is CC(C)(C)c1cc(-c2ccc3c(c2)B2c4ccc(-n5c6ccccc6c6cc(-c7ccccc7)ccc65)cc4N(c4ccc(-c5ccc6c(c5)C(C)(C)CC6(C)C)cc4)c4cc(-n5c6ccc(C(C)(C)C)cc6c6cc(C(C)(C)C)ccc65)cc(c42)N3c2ccc(-c3ccc4c(c3)C(C)(C)CC4(C)C)cc2)cc(C(C)(C)C)c1. The molecular formula is C108H107BN4. The van der Waals surface area contributed by atoms with E-state index in [0.29, 0.717) is 0 Å². The molecule has 2 aliphatic heterocycles. The van der Waals surface area contributed by atoms with Gasteiger partial charge in [-0.15, -0.1) is 0 Å². The second-order valence-corrected chi connectivity index (χ2v) is 40.6. The molecule has 13 aromatic carbocycles. The van der Waals surface area contributed by atoms with E-state index >= 15 is 0 Å². The average molecular weight is 1470 g/mol. The molecule has 0 atom stereocenters. The molecule has 15 aromatic rings. The van der Waals surface area contributed by atoms with E-state index in [2.05, 4.69) is 418 Å². The Labute approximate surface area is 671 Å². The van der Waals surface area contributed by atoms with Crippen molar-refractivity contribution in [1.82, 2.24) is 9.13 Å². The first-order chi connectivity index (χ1) is 53.5. The quantitative estimate of drug-likeness (QED) is 0.141. The minimum Gasteiger partial charge on any atom is -0.311 e. The van der Waals surface area contributed by atoms with Crippen molar-refractivity contribution in [2.24, 2.45) is 0 Å². The van der Waals surface area contributed by atoms with Crippen LogP contribution in [0.5, 0.6) is 0 Å². The summed E-state index contributed by atoms with van der Waals surface area (Å²) in [4.78, 5) is 5.31. The van der Waals surface area contributed by atoms with E-state index in [1.807, 2.05) is 0 Å². The summed E-state index contributed by atoms with van der Waals surface area (Å²) in [6.07, 6.45) is 2.25. The van der Waals surface area contributed by atoms with Gasteiger partial charge in [-0.3, -0.25) is 0 Å². The third-order valence-corrected chi connectivity index (χ3v) is 26.5. The van der Waals surface area contributed by atoms with E-state index in [0.717, 1.165) is 52.7 Å². The molecule has 19 rings (SSSR count). The number of anilines is 6. The van der Waals surface area contributed by atoms with E-state index in [1.54, 1.807) is 0 Å². The first-order valence-corrected chi connectivity index (χ1v) is 41.4. The molecule has 0 fully saturated rings. The van der Waals surface area contributed by atoms with Gasteiger partial charge in [-0.25, -0.2) is 0 Å². The molecule has 113 heavy (non-hydrogen) atoms. The number of hydrogen-bond donors (Lipinski definition) is 0. The average Bonchev–Trinajstić information content (AvgIpc) is 0.847. The largest absolute Gasteiger partial charge is 0.311 e. The maximum absolute atomic E-state index is 2.66. The lowest BCUT2D eigenvalue weighted by Gasteiger charge is -2.44. The smallest absolute Gasteiger partial charge is 0.252 e. The zero-order valence-electron chi connectivity index (χ0n) is 70.1. The summed E-state index contributed by atoms with van der Waals surface area (Å²) < 4.78 is 5.13. The van der Waals surface area contributed by atoms with Gasteiger partial charge in [0.2, 0.25) is 0 Å². The second kappa shape index (κ2) is 24.8. The Hall–Kier alpha value is -10.9. The molecule has 0 bridgehead atoms. The summed E-state index contributed by atoms with van der Waals surface area (Å²) in [5.74, 6) is 0. The summed E-state index contributed by atoms with van der Waals surface area (Å²) in [6, 6.07) is 103. The monoisotopic (exact) mass is 1470 g/mol. The van der Waals surface area contributed by atoms with Gasteiger partial charge in [0, 0.05) is 61.4 Å². The number of benzene rings is 13. The highest BCUT2D eigenvalue weighted by atomic mass is 15.2. The Morgan fingerprint density at radius 3 is 1.16 bits per heavy atom. The minimum absolute atomic E-state index is 0.0590. The highest BCUT2D eigenvalue weighted by Gasteiger charge is 2.47. The van der Waals surface area contributed by atoms with Crippen molar-refractivity contribution in [1.29, 1.82) is 0 Å². The van der Waals surface area contributed by atoms with Gasteiger partial charge in [0.05, 0.1) is 27.8 Å². The lowest BCUT2D eigenvalue weighted by Crippen LogP contribution is -2.61. The zero-order chi connectivity index (χ0) is 78.9. The Morgan fingerprint density at radius 2 is 0.637 bits per heavy atom. The van der Waals surface area contributed by atoms with Crippen LogP contribution in [-0.2, 0) is 43.3 Å². The summed E-state index contributed by atoms with van der Waals surface area (Å²) in [7, 11) is 0. The number of nitrogens with zero attached hydrogens (tertiary/aromatic N) is 4. The summed E-state index contributed by atoms with van der Waals surface area (Å²) in [5, 5.41) is 4.98. The maximum atomic E-state index is 2.66. The van der Waals surface area contributed by atoms with Crippen LogP contribution >= 0.6 is 0 Å². The van der Waals surface area contributed by atoms with Crippen LogP contribution in [0, 0.1) is 0 Å². The lowest BCUT2D eigenvalue weighted by molar-refractivity contribution is 0.402. The van der Waals surface area contributed by atoms with Gasteiger partial charge in [0.1, 0.15) is 0 Å². The van der Waals surface area contributed by atoms with Crippen LogP contribution in [0.2, 0.25) is 0 Å². The standard InChI is InChI=1S/C108H107BN4/c1-101(2,3)74-38-50-94-84(59-74)85-60-75(102(4,5)6)39-51-95(85)113(94)81-62-98-100-99(63-81)111(79-42-32-68(33-43-79)71-35-46-87-89(56-71)108(19,20)65-106(87,15)16)97-61-80(112-92-29-25-24-28-82(92)83-54-69(36-48-93(83)112)66-26-22-21-23-27-66)44-47-90(97)109(100)91-57-72(73-52-76(103(7,8)9)58-77(53-73)104(10,11)12)37-49-96(91)110(98)78-40-30-67(31-41-78)70-34-45-86-88(55-70)107(17,18)64-105(86,13)14/h21-63H,64-65H2,1-20H3. The molecule has 4 nitrogen and oxygen atoms in total. The van der Waals surface area contributed by atoms with Crippen LogP contribution in [0.3, 0.4) is 0 Å². The van der Waals surface area contributed by atoms with E-state index in [4.69, 9.17) is 0 Å². The van der Waals surface area contributed by atoms with Crippen molar-refractivity contribution in [2.45, 2.75) is 195 Å². The first-order valence-electron chi connectivity index (χ1n) is 41.4. The van der Waals surface area contributed by atoms with Crippen LogP contribution in [-0.4, -0.2) is 15.8 Å². The zero-order valence-corrected chi connectivity index (χ0v) is 70.1. The molecule has 0 saturated carbocycles. The molecule has 0 unspecified atom stereocenters. The van der Waals surface area contributed by atoms with Crippen LogP contribution < -0.4 is 26.2 Å². The number of aromatic nitrogens is 2. The maximum Gasteiger partial charge on any atom is 0.252 e.